The molecule has 0 saturated carbocycles. The van der Waals surface area contributed by atoms with Crippen molar-refractivity contribution in [3.8, 4) is 50.6 Å². The van der Waals surface area contributed by atoms with Crippen LogP contribution in [0.2, 0.25) is 0 Å². The van der Waals surface area contributed by atoms with Gasteiger partial charge in [0.25, 0.3) is 0 Å². The number of fused-ring (bicyclic) bond motifs is 8. The monoisotopic (exact) mass is 934 g/mol. The fourth-order valence-corrected chi connectivity index (χ4v) is 8.81. The topological polar surface area (TPSA) is 243 Å². The molecular weight excluding hydrogens is 905 g/mol. The summed E-state index contributed by atoms with van der Waals surface area (Å²) in [5.41, 5.74) is 5.33. The van der Waals surface area contributed by atoms with Gasteiger partial charge in [-0.3, -0.25) is 18.2 Å². The Bertz CT molecular complexity index is 3290. The van der Waals surface area contributed by atoms with E-state index in [0.29, 0.717) is 33.4 Å². The van der Waals surface area contributed by atoms with Gasteiger partial charge in [0.15, 0.2) is 17.2 Å². The summed E-state index contributed by atoms with van der Waals surface area (Å²) in [4.78, 5) is 16.4. The highest BCUT2D eigenvalue weighted by Gasteiger charge is 2.35. The first-order valence-electron chi connectivity index (χ1n) is 18.7. The van der Waals surface area contributed by atoms with Crippen LogP contribution in [0.3, 0.4) is 0 Å². The summed E-state index contributed by atoms with van der Waals surface area (Å²) in [5.74, 6) is -2.59. The van der Waals surface area contributed by atoms with Crippen molar-refractivity contribution in [3.05, 3.63) is 162 Å². The molecule has 6 N–H and O–H groups in total. The molecule has 20 heteroatoms. The smallest absolute Gasteiger partial charge is 0.357 e. The van der Waals surface area contributed by atoms with Gasteiger partial charge in [-0.1, -0.05) is 121 Å². The van der Waals surface area contributed by atoms with Gasteiger partial charge >= 0.3 is 45.4 Å². The van der Waals surface area contributed by atoms with Crippen LogP contribution in [0, 0.1) is 0 Å². The Morgan fingerprint density at radius 1 is 0.422 bits per heavy atom. The second kappa shape index (κ2) is 18.1. The largest absolute Gasteiger partial charge is 0.377 e. The zero-order valence-corrected chi connectivity index (χ0v) is 35.7. The molecule has 4 unspecified atom stereocenters. The summed E-state index contributed by atoms with van der Waals surface area (Å²) >= 11 is -12.6. The number of benzene rings is 4. The van der Waals surface area contributed by atoms with Gasteiger partial charge < -0.3 is 26.7 Å². The number of H-pyrrole nitrogens is 2. The van der Waals surface area contributed by atoms with Gasteiger partial charge in [0.1, 0.15) is 5.52 Å². The number of rotatable bonds is 12. The first kappa shape index (κ1) is 42.4. The summed E-state index contributed by atoms with van der Waals surface area (Å²) in [6.07, 6.45) is 3.36. The Kier molecular flexibility index (Phi) is 12.0. The molecule has 16 nitrogen and oxygen atoms in total. The number of nitrogens with one attached hydrogen (secondary N) is 2. The molecule has 0 aliphatic carbocycles. The third-order valence-corrected chi connectivity index (χ3v) is 11.2. The zero-order valence-electron chi connectivity index (χ0n) is 32.4. The van der Waals surface area contributed by atoms with E-state index in [2.05, 4.69) is 9.97 Å². The van der Waals surface area contributed by atoms with Gasteiger partial charge in [0.2, 0.25) is 11.5 Å². The number of hydrogen-bond donors (Lipinski definition) is 6. The second-order valence-electron chi connectivity index (χ2n) is 13.7. The van der Waals surface area contributed by atoms with Crippen LogP contribution in [0.1, 0.15) is 28.3 Å². The summed E-state index contributed by atoms with van der Waals surface area (Å²) in [7, 11) is 0. The maximum absolute atomic E-state index is 12.9. The number of aromatic amines is 2. The molecule has 2 aliphatic heterocycles. The Labute approximate surface area is 373 Å². The highest BCUT2D eigenvalue weighted by Crippen LogP contribution is 2.50. The van der Waals surface area contributed by atoms with Crippen LogP contribution < -0.4 is 12.5 Å². The van der Waals surface area contributed by atoms with E-state index < -0.39 is 79.7 Å². The number of aromatic nitrogens is 4. The minimum absolute atomic E-state index is 0.0996. The lowest BCUT2D eigenvalue weighted by molar-refractivity contribution is 0.428. The van der Waals surface area contributed by atoms with Gasteiger partial charge in [-0.25, -0.2) is 9.97 Å². The first-order valence-corrected chi connectivity index (χ1v) is 22.9. The maximum Gasteiger partial charge on any atom is 0.357 e. The SMILES string of the molecule is O=S(O)OC1=C(c2ccccc2)c2nc1c(OS(=O)O)c1[nH]c(cc3nc(cc4[nH]c(c2-c2ccccc2)c(-c2ccccc2)c4-c2ccccc2)C=C3)c(OS(=O)O)c1OS(=O)O. The second-order valence-corrected chi connectivity index (χ2v) is 16.1. The quantitative estimate of drug-likeness (QED) is 0.0626. The molecule has 0 fully saturated rings. The van der Waals surface area contributed by atoms with Crippen LogP contribution in [0.15, 0.2) is 133 Å². The fourth-order valence-electron chi connectivity index (χ4n) is 7.59. The molecule has 322 valence electrons. The Morgan fingerprint density at radius 3 is 1.39 bits per heavy atom. The first-order chi connectivity index (χ1) is 31.0. The summed E-state index contributed by atoms with van der Waals surface area (Å²) < 4.78 is 113. The van der Waals surface area contributed by atoms with E-state index in [4.69, 9.17) is 26.7 Å². The molecule has 0 spiro atoms. The zero-order chi connectivity index (χ0) is 44.5. The van der Waals surface area contributed by atoms with Crippen molar-refractivity contribution < 1.29 is 51.8 Å². The molecule has 64 heavy (non-hydrogen) atoms. The predicted octanol–water partition coefficient (Wildman–Crippen LogP) is 9.10. The molecule has 9 rings (SSSR count). The third-order valence-electron chi connectivity index (χ3n) is 9.93. The molecule has 4 atom stereocenters. The van der Waals surface area contributed by atoms with Crippen LogP contribution >= 0.6 is 0 Å². The molecule has 0 radical (unpaired) electrons. The van der Waals surface area contributed by atoms with E-state index in [-0.39, 0.29) is 22.5 Å². The van der Waals surface area contributed by atoms with Crippen molar-refractivity contribution >= 4 is 91.0 Å². The van der Waals surface area contributed by atoms with E-state index in [1.54, 1.807) is 42.5 Å². The lowest BCUT2D eigenvalue weighted by Gasteiger charge is -2.13. The van der Waals surface area contributed by atoms with Crippen molar-refractivity contribution in [2.24, 2.45) is 0 Å². The van der Waals surface area contributed by atoms with Crippen LogP contribution in [-0.2, 0) is 49.6 Å². The molecule has 5 heterocycles. The normalized spacial score (nSPS) is 14.1. The summed E-state index contributed by atoms with van der Waals surface area (Å²) in [5, 5.41) is 0. The van der Waals surface area contributed by atoms with Crippen LogP contribution in [0.5, 0.6) is 17.2 Å². The minimum atomic E-state index is -3.22. The highest BCUT2D eigenvalue weighted by molar-refractivity contribution is 7.75. The highest BCUT2D eigenvalue weighted by atomic mass is 32.2. The van der Waals surface area contributed by atoms with Crippen molar-refractivity contribution in [3.63, 3.8) is 0 Å². The van der Waals surface area contributed by atoms with E-state index in [1.807, 2.05) is 97.1 Å². The fraction of sp³-hybridized carbons (Fsp3) is 0. The van der Waals surface area contributed by atoms with Crippen molar-refractivity contribution in [2.75, 3.05) is 0 Å². The average molecular weight is 935 g/mol. The lowest BCUT2D eigenvalue weighted by atomic mass is 9.91. The van der Waals surface area contributed by atoms with E-state index in [9.17, 15) is 35.0 Å². The lowest BCUT2D eigenvalue weighted by Crippen LogP contribution is -2.05. The molecule has 7 aromatic rings. The summed E-state index contributed by atoms with van der Waals surface area (Å²) in [6.45, 7) is 0. The molecule has 0 saturated heterocycles. The Balaban J connectivity index is 1.63. The molecule has 2 aliphatic rings. The standard InChI is InChI=1S/C44H30N4O12S4/c49-61(50)57-41-32-24-30-22-21-29(45-30)23-31-33(25-13-5-1-6-14-25)34(26-15-7-2-8-16-26)37(46-31)35(27-17-9-3-10-18-27)38-36(28-19-11-4-12-20-28)42(58-62(51)52)39(48-38)43(59-63(53)54)40(47-32)44(41)60-64(55)56/h1-24,46-47H,(H,49,50)(H,51,52)(H,53,54)(H,55,56). The maximum atomic E-state index is 12.9. The van der Waals surface area contributed by atoms with Gasteiger partial charge in [0.05, 0.1) is 33.7 Å². The van der Waals surface area contributed by atoms with E-state index in [0.717, 1.165) is 22.3 Å². The molecular formula is C44H30N4O12S4. The number of hydrogen-bond acceptors (Lipinski definition) is 10. The van der Waals surface area contributed by atoms with Gasteiger partial charge in [-0.15, -0.1) is 0 Å². The number of nitrogens with zero attached hydrogens (tertiary/aromatic N) is 2. The third kappa shape index (κ3) is 8.46. The van der Waals surface area contributed by atoms with Gasteiger partial charge in [0, 0.05) is 22.2 Å². The average Bonchev–Trinajstić information content (AvgIpc) is 4.05. The molecule has 0 amide bonds. The van der Waals surface area contributed by atoms with Crippen LogP contribution in [0.25, 0.3) is 78.9 Å². The minimum Gasteiger partial charge on any atom is -0.377 e. The van der Waals surface area contributed by atoms with Gasteiger partial charge in [-0.05, 0) is 46.5 Å². The Morgan fingerprint density at radius 2 is 0.859 bits per heavy atom. The van der Waals surface area contributed by atoms with Gasteiger partial charge in [-0.2, -0.15) is 16.8 Å². The Hall–Kier alpha value is -6.88. The van der Waals surface area contributed by atoms with E-state index in [1.165, 1.54) is 6.07 Å². The summed E-state index contributed by atoms with van der Waals surface area (Å²) in [6, 6.07) is 40.2. The van der Waals surface area contributed by atoms with Crippen molar-refractivity contribution in [1.29, 1.82) is 0 Å². The van der Waals surface area contributed by atoms with Crippen LogP contribution in [0.4, 0.5) is 0 Å². The van der Waals surface area contributed by atoms with Crippen LogP contribution in [-0.4, -0.2) is 55.0 Å². The molecule has 4 aromatic carbocycles. The van der Waals surface area contributed by atoms with Crippen molar-refractivity contribution in [1.82, 2.24) is 19.9 Å². The molecule has 3 aromatic heterocycles. The predicted molar refractivity (Wildman–Crippen MR) is 245 cm³/mol. The molecule has 8 bridgehead atoms. The van der Waals surface area contributed by atoms with Crippen molar-refractivity contribution in [2.45, 2.75) is 0 Å². The van der Waals surface area contributed by atoms with E-state index >= 15 is 0 Å².